The van der Waals surface area contributed by atoms with Crippen molar-refractivity contribution in [2.24, 2.45) is 5.41 Å². The summed E-state index contributed by atoms with van der Waals surface area (Å²) >= 11 is 0. The fourth-order valence-electron chi connectivity index (χ4n) is 4.10. The van der Waals surface area contributed by atoms with Crippen molar-refractivity contribution < 1.29 is 17.0 Å². The first-order chi connectivity index (χ1) is 13.9. The van der Waals surface area contributed by atoms with Crippen molar-refractivity contribution in [1.82, 2.24) is 4.90 Å². The zero-order valence-electron chi connectivity index (χ0n) is 17.3. The largest absolute Gasteiger partial charge is 0.493 e. The molecule has 2 aromatic carbocycles. The van der Waals surface area contributed by atoms with Crippen LogP contribution in [0.3, 0.4) is 0 Å². The Labute approximate surface area is 162 Å². The Balaban J connectivity index is 1.49. The second-order valence-electron chi connectivity index (χ2n) is 7.75. The van der Waals surface area contributed by atoms with E-state index >= 15 is 0 Å². The monoisotopic (exact) mass is 366 g/mol. The van der Waals surface area contributed by atoms with Crippen LogP contribution in [0.1, 0.15) is 37.9 Å². The van der Waals surface area contributed by atoms with Crippen LogP contribution >= 0.6 is 0 Å². The molecule has 2 heterocycles. The van der Waals surface area contributed by atoms with Gasteiger partial charge in [-0.1, -0.05) is 30.3 Å². The van der Waals surface area contributed by atoms with Gasteiger partial charge in [0, 0.05) is 25.1 Å². The number of benzene rings is 2. The molecule has 2 aromatic rings. The van der Waals surface area contributed by atoms with Crippen LogP contribution in [0.15, 0.2) is 42.5 Å². The summed E-state index contributed by atoms with van der Waals surface area (Å²) in [5.74, 6) is 0.802. The topological polar surface area (TPSA) is 50.8 Å². The van der Waals surface area contributed by atoms with Gasteiger partial charge in [-0.2, -0.15) is 0 Å². The number of ether oxygens (including phenoxy) is 2. The summed E-state index contributed by atoms with van der Waals surface area (Å²) in [4.78, 5) is 15.0. The molecule has 1 spiro atoms. The lowest BCUT2D eigenvalue weighted by atomic mass is 10.0. The highest BCUT2D eigenvalue weighted by atomic mass is 16.5. The molecule has 1 amide bonds. The van der Waals surface area contributed by atoms with Gasteiger partial charge in [0.05, 0.1) is 21.1 Å². The molecule has 1 atom stereocenters. The summed E-state index contributed by atoms with van der Waals surface area (Å²) < 4.78 is 28.7. The predicted molar refractivity (Wildman–Crippen MR) is 103 cm³/mol. The van der Waals surface area contributed by atoms with Gasteiger partial charge in [-0.05, 0) is 36.3 Å². The second kappa shape index (κ2) is 6.19. The first-order valence-corrected chi connectivity index (χ1v) is 9.39. The van der Waals surface area contributed by atoms with E-state index in [1.807, 2.05) is 30.3 Å². The number of carbonyl (C=O) groups excluding carboxylic acids is 1. The number of nitrogens with one attached hydrogen (secondary N) is 1. The molecular weight excluding hydrogens is 340 g/mol. The fourth-order valence-corrected chi connectivity index (χ4v) is 4.10. The van der Waals surface area contributed by atoms with Crippen LogP contribution in [0.5, 0.6) is 11.5 Å². The van der Waals surface area contributed by atoms with Crippen LogP contribution in [0, 0.1) is 5.41 Å². The van der Waals surface area contributed by atoms with Crippen LogP contribution in [0.4, 0.5) is 5.69 Å². The zero-order chi connectivity index (χ0) is 20.2. The molecule has 1 N–H and O–H groups in total. The van der Waals surface area contributed by atoms with E-state index in [1.54, 1.807) is 24.1 Å². The van der Waals surface area contributed by atoms with E-state index in [4.69, 9.17) is 12.2 Å². The molecule has 2 fully saturated rings. The summed E-state index contributed by atoms with van der Waals surface area (Å²) in [5, 5.41) is 2.99. The van der Waals surface area contributed by atoms with Gasteiger partial charge in [0.1, 0.15) is 6.61 Å². The number of nitrogens with zero attached hydrogens (tertiary/aromatic N) is 1. The molecule has 1 saturated carbocycles. The number of carbonyl (C=O) groups is 1. The Morgan fingerprint density at radius 3 is 2.81 bits per heavy atom. The normalized spacial score (nSPS) is 24.9. The third-order valence-electron chi connectivity index (χ3n) is 5.87. The molecule has 1 saturated heterocycles. The SMILES string of the molecule is [2H]C1([2H])Nc2cc(OCc3ccccc3)c(OC)cc2C(=O)N2CC3(CC3)C[C@H]21. The highest BCUT2D eigenvalue weighted by Gasteiger charge is 2.53. The van der Waals surface area contributed by atoms with E-state index in [1.165, 1.54) is 0 Å². The average molecular weight is 366 g/mol. The van der Waals surface area contributed by atoms with Crippen LogP contribution < -0.4 is 14.8 Å². The van der Waals surface area contributed by atoms with Crippen LogP contribution in [-0.2, 0) is 6.61 Å². The maximum atomic E-state index is 13.3. The molecule has 27 heavy (non-hydrogen) atoms. The van der Waals surface area contributed by atoms with Gasteiger partial charge in [0.2, 0.25) is 0 Å². The van der Waals surface area contributed by atoms with Gasteiger partial charge in [-0.15, -0.1) is 0 Å². The van der Waals surface area contributed by atoms with Gasteiger partial charge >= 0.3 is 0 Å². The summed E-state index contributed by atoms with van der Waals surface area (Å²) in [7, 11) is 1.54. The highest BCUT2D eigenvalue weighted by molar-refractivity contribution is 6.01. The number of hydrogen-bond donors (Lipinski definition) is 1. The molecule has 0 unspecified atom stereocenters. The first-order valence-electron chi connectivity index (χ1n) is 10.4. The molecule has 0 aromatic heterocycles. The summed E-state index contributed by atoms with van der Waals surface area (Å²) in [5.41, 5.74) is 2.01. The lowest BCUT2D eigenvalue weighted by Crippen LogP contribution is -2.37. The van der Waals surface area contributed by atoms with Crippen molar-refractivity contribution in [3.8, 4) is 11.5 Å². The summed E-state index contributed by atoms with van der Waals surface area (Å²) in [6.45, 7) is -0.724. The van der Waals surface area contributed by atoms with E-state index < -0.39 is 12.5 Å². The smallest absolute Gasteiger partial charge is 0.256 e. The quantitative estimate of drug-likeness (QED) is 0.897. The number of hydrogen-bond acceptors (Lipinski definition) is 4. The molecule has 3 aliphatic rings. The maximum absolute atomic E-state index is 13.3. The first kappa shape index (κ1) is 14.4. The Morgan fingerprint density at radius 1 is 1.26 bits per heavy atom. The molecule has 0 radical (unpaired) electrons. The van der Waals surface area contributed by atoms with Gasteiger partial charge in [-0.25, -0.2) is 0 Å². The van der Waals surface area contributed by atoms with Crippen molar-refractivity contribution in [3.05, 3.63) is 53.6 Å². The molecule has 5 nitrogen and oxygen atoms in total. The van der Waals surface area contributed by atoms with Gasteiger partial charge in [0.15, 0.2) is 11.5 Å². The molecule has 0 bridgehead atoms. The van der Waals surface area contributed by atoms with E-state index in [0.29, 0.717) is 42.3 Å². The van der Waals surface area contributed by atoms with Gasteiger partial charge in [0.25, 0.3) is 5.91 Å². The van der Waals surface area contributed by atoms with E-state index in [2.05, 4.69) is 5.32 Å². The molecule has 140 valence electrons. The predicted octanol–water partition coefficient (Wildman–Crippen LogP) is 3.69. The lowest BCUT2D eigenvalue weighted by Gasteiger charge is -2.21. The van der Waals surface area contributed by atoms with Crippen molar-refractivity contribution in [3.63, 3.8) is 0 Å². The molecule has 5 rings (SSSR count). The standard InChI is InChI=1S/C22H24N2O3/c1-26-19-9-17-18(10-20(19)27-13-15-5-3-2-4-6-15)23-12-16-11-22(7-8-22)14-24(16)21(17)25/h2-6,9-10,16,23H,7-8,11-14H2,1H3/t16-/m0/s1/i12D2. The lowest BCUT2D eigenvalue weighted by molar-refractivity contribution is 0.0744. The van der Waals surface area contributed by atoms with Crippen LogP contribution in [0.2, 0.25) is 0 Å². The zero-order valence-corrected chi connectivity index (χ0v) is 15.3. The Kier molecular flexibility index (Phi) is 3.29. The average Bonchev–Trinajstić information content (AvgIpc) is 3.36. The number of methoxy groups -OCH3 is 1. The third-order valence-corrected chi connectivity index (χ3v) is 5.87. The molecule has 1 aliphatic carbocycles. The maximum Gasteiger partial charge on any atom is 0.256 e. The number of rotatable bonds is 4. The molecule has 2 aliphatic heterocycles. The Hall–Kier alpha value is -2.69. The van der Waals surface area contributed by atoms with Crippen molar-refractivity contribution in [1.29, 1.82) is 0 Å². The van der Waals surface area contributed by atoms with Crippen molar-refractivity contribution >= 4 is 11.6 Å². The third kappa shape index (κ3) is 2.91. The van der Waals surface area contributed by atoms with Crippen LogP contribution in [-0.4, -0.2) is 37.0 Å². The molecular formula is C22H24N2O3. The summed E-state index contributed by atoms with van der Waals surface area (Å²) in [6.07, 6.45) is 2.86. The Bertz CT molecular complexity index is 960. The van der Waals surface area contributed by atoms with E-state index in [-0.39, 0.29) is 11.3 Å². The molecule has 5 heteroatoms. The van der Waals surface area contributed by atoms with Crippen LogP contribution in [0.25, 0.3) is 0 Å². The second-order valence-corrected chi connectivity index (χ2v) is 7.75. The van der Waals surface area contributed by atoms with E-state index in [0.717, 1.165) is 18.4 Å². The van der Waals surface area contributed by atoms with Gasteiger partial charge in [-0.3, -0.25) is 4.79 Å². The minimum absolute atomic E-state index is 0.121. The highest BCUT2D eigenvalue weighted by Crippen LogP contribution is 2.55. The number of amides is 1. The van der Waals surface area contributed by atoms with E-state index in [9.17, 15) is 4.79 Å². The summed E-state index contributed by atoms with van der Waals surface area (Å²) in [6, 6.07) is 12.7. The fraction of sp³-hybridized carbons (Fsp3) is 0.409. The van der Waals surface area contributed by atoms with Crippen molar-refractivity contribution in [2.75, 3.05) is 25.5 Å². The van der Waals surface area contributed by atoms with Gasteiger partial charge < -0.3 is 19.7 Å². The Morgan fingerprint density at radius 2 is 2.07 bits per heavy atom. The minimum Gasteiger partial charge on any atom is -0.493 e. The number of fused-ring (bicyclic) bond motifs is 2. The van der Waals surface area contributed by atoms with Crippen molar-refractivity contribution in [2.45, 2.75) is 31.9 Å². The number of anilines is 1. The minimum atomic E-state index is -1.71.